The third-order valence-corrected chi connectivity index (χ3v) is 6.74. The van der Waals surface area contributed by atoms with Crippen LogP contribution in [0.3, 0.4) is 0 Å². The van der Waals surface area contributed by atoms with Crippen molar-refractivity contribution in [2.45, 2.75) is 37.8 Å². The Bertz CT molecular complexity index is 1100. The number of hydrogen-bond acceptors (Lipinski definition) is 5. The average molecular weight is 480 g/mol. The van der Waals surface area contributed by atoms with Crippen LogP contribution < -0.4 is 5.32 Å². The predicted molar refractivity (Wildman–Crippen MR) is 128 cm³/mol. The molecule has 1 aliphatic heterocycles. The molecule has 1 saturated heterocycles. The number of nitrogens with zero attached hydrogens (tertiary/aromatic N) is 2. The van der Waals surface area contributed by atoms with Crippen molar-refractivity contribution in [3.63, 3.8) is 0 Å². The third-order valence-electron chi connectivity index (χ3n) is 6.74. The zero-order valence-electron chi connectivity index (χ0n) is 19.8. The number of rotatable bonds is 7. The Morgan fingerprint density at radius 2 is 1.69 bits per heavy atom. The number of ether oxygens (including phenoxy) is 1. The molecule has 184 valence electrons. The first-order chi connectivity index (χ1) is 16.8. The number of carboxylic acid groups (broad SMARTS) is 1. The molecule has 4 rings (SSSR count). The van der Waals surface area contributed by atoms with Crippen LogP contribution in [0.15, 0.2) is 48.5 Å². The summed E-state index contributed by atoms with van der Waals surface area (Å²) in [7, 11) is 1.51. The van der Waals surface area contributed by atoms with Crippen molar-refractivity contribution in [2.75, 3.05) is 26.7 Å². The van der Waals surface area contributed by atoms with Crippen molar-refractivity contribution >= 4 is 23.9 Å². The molecule has 1 fully saturated rings. The smallest absolute Gasteiger partial charge is 0.407 e. The Hall–Kier alpha value is -3.88. The standard InChI is InChI=1S/C26H29N3O6/c1-3-16(12-23(30)29-14-24(31)28(2)13-22(29)25(32)33)27-26(34)35-15-21-19-10-6-4-8-17(19)18-9-5-7-11-20(18)21/h4-11,16,21-22H,3,12-15H2,1-2H3,(H,27,34)(H,32,33)/t16-,22?/m1/s1. The van der Waals surface area contributed by atoms with Crippen LogP contribution in [0.25, 0.3) is 11.1 Å². The Balaban J connectivity index is 1.37. The number of fused-ring (bicyclic) bond motifs is 3. The lowest BCUT2D eigenvalue weighted by Gasteiger charge is -2.37. The molecular formula is C26H29N3O6. The number of amides is 3. The molecule has 0 aromatic heterocycles. The summed E-state index contributed by atoms with van der Waals surface area (Å²) in [4.78, 5) is 51.5. The number of benzene rings is 2. The summed E-state index contributed by atoms with van der Waals surface area (Å²) in [6, 6.07) is 14.4. The molecule has 9 heteroatoms. The topological polar surface area (TPSA) is 116 Å². The van der Waals surface area contributed by atoms with E-state index in [9.17, 15) is 24.3 Å². The zero-order valence-corrected chi connectivity index (χ0v) is 19.8. The lowest BCUT2D eigenvalue weighted by Crippen LogP contribution is -2.60. The second-order valence-electron chi connectivity index (χ2n) is 8.93. The van der Waals surface area contributed by atoms with E-state index in [2.05, 4.69) is 17.4 Å². The van der Waals surface area contributed by atoms with Crippen molar-refractivity contribution in [2.24, 2.45) is 0 Å². The van der Waals surface area contributed by atoms with Gasteiger partial charge in [0.1, 0.15) is 19.2 Å². The molecule has 3 amide bonds. The van der Waals surface area contributed by atoms with Crippen LogP contribution in [0.1, 0.15) is 36.8 Å². The highest BCUT2D eigenvalue weighted by molar-refractivity contribution is 5.91. The third kappa shape index (κ3) is 4.99. The van der Waals surface area contributed by atoms with Crippen molar-refractivity contribution in [3.05, 3.63) is 59.7 Å². The number of hydrogen-bond donors (Lipinski definition) is 2. The number of carboxylic acids is 1. The Morgan fingerprint density at radius 3 is 2.26 bits per heavy atom. The normalized spacial score (nSPS) is 18.0. The molecule has 35 heavy (non-hydrogen) atoms. The summed E-state index contributed by atoms with van der Waals surface area (Å²) in [5.41, 5.74) is 4.46. The maximum absolute atomic E-state index is 12.9. The molecule has 0 spiro atoms. The molecule has 0 radical (unpaired) electrons. The molecule has 2 aromatic rings. The summed E-state index contributed by atoms with van der Waals surface area (Å²) in [5, 5.41) is 12.2. The molecular weight excluding hydrogens is 450 g/mol. The van der Waals surface area contributed by atoms with Crippen LogP contribution in [-0.2, 0) is 19.1 Å². The highest BCUT2D eigenvalue weighted by Gasteiger charge is 2.38. The van der Waals surface area contributed by atoms with Gasteiger partial charge >= 0.3 is 12.1 Å². The van der Waals surface area contributed by atoms with Crippen molar-refractivity contribution in [3.8, 4) is 11.1 Å². The van der Waals surface area contributed by atoms with Crippen LogP contribution in [0, 0.1) is 0 Å². The van der Waals surface area contributed by atoms with E-state index in [1.807, 2.05) is 43.3 Å². The summed E-state index contributed by atoms with van der Waals surface area (Å²) < 4.78 is 5.56. The molecule has 0 saturated carbocycles. The summed E-state index contributed by atoms with van der Waals surface area (Å²) >= 11 is 0. The van der Waals surface area contributed by atoms with Crippen LogP contribution >= 0.6 is 0 Å². The lowest BCUT2D eigenvalue weighted by molar-refractivity contribution is -0.159. The first-order valence-electron chi connectivity index (χ1n) is 11.7. The van der Waals surface area contributed by atoms with Gasteiger partial charge in [0.05, 0.1) is 6.54 Å². The van der Waals surface area contributed by atoms with Gasteiger partial charge in [0, 0.05) is 25.4 Å². The largest absolute Gasteiger partial charge is 0.480 e. The van der Waals surface area contributed by atoms with E-state index < -0.39 is 30.1 Å². The molecule has 2 atom stereocenters. The van der Waals surface area contributed by atoms with Crippen molar-refractivity contribution in [1.82, 2.24) is 15.1 Å². The van der Waals surface area contributed by atoms with Gasteiger partial charge in [-0.25, -0.2) is 9.59 Å². The first kappa shape index (κ1) is 24.3. The fraction of sp³-hybridized carbons (Fsp3) is 0.385. The highest BCUT2D eigenvalue weighted by Crippen LogP contribution is 2.44. The minimum Gasteiger partial charge on any atom is -0.480 e. The van der Waals surface area contributed by atoms with E-state index in [0.717, 1.165) is 27.2 Å². The van der Waals surface area contributed by atoms with Gasteiger partial charge < -0.3 is 25.0 Å². The van der Waals surface area contributed by atoms with E-state index in [-0.39, 0.29) is 37.9 Å². The lowest BCUT2D eigenvalue weighted by atomic mass is 9.98. The molecule has 9 nitrogen and oxygen atoms in total. The summed E-state index contributed by atoms with van der Waals surface area (Å²) in [5.74, 6) is -2.07. The molecule has 1 aliphatic carbocycles. The maximum atomic E-state index is 12.9. The van der Waals surface area contributed by atoms with E-state index in [1.54, 1.807) is 0 Å². The minimum atomic E-state index is -1.17. The van der Waals surface area contributed by atoms with Crippen molar-refractivity contribution in [1.29, 1.82) is 0 Å². The maximum Gasteiger partial charge on any atom is 0.407 e. The average Bonchev–Trinajstić information content (AvgIpc) is 3.17. The number of carbonyl (C=O) groups is 4. The zero-order chi connectivity index (χ0) is 25.1. The highest BCUT2D eigenvalue weighted by atomic mass is 16.5. The summed E-state index contributed by atoms with van der Waals surface area (Å²) in [6.07, 6.45) is -0.327. The molecule has 0 bridgehead atoms. The number of likely N-dealkylation sites (N-methyl/N-ethyl adjacent to an activating group) is 1. The Labute approximate surface area is 203 Å². The van der Waals surface area contributed by atoms with Crippen LogP contribution in [0.4, 0.5) is 4.79 Å². The molecule has 1 unspecified atom stereocenters. The van der Waals surface area contributed by atoms with Gasteiger partial charge in [0.2, 0.25) is 11.8 Å². The molecule has 2 aromatic carbocycles. The van der Waals surface area contributed by atoms with Gasteiger partial charge in [-0.1, -0.05) is 55.5 Å². The molecule has 2 N–H and O–H groups in total. The van der Waals surface area contributed by atoms with Gasteiger partial charge in [-0.05, 0) is 28.7 Å². The SMILES string of the molecule is CC[C@H](CC(=O)N1CC(=O)N(C)CC1C(=O)O)NC(=O)OCC1c2ccccc2-c2ccccc21. The second kappa shape index (κ2) is 10.2. The number of alkyl carbamates (subject to hydrolysis) is 1. The monoisotopic (exact) mass is 479 g/mol. The number of aliphatic carboxylic acids is 1. The minimum absolute atomic E-state index is 0.0729. The number of carbonyl (C=O) groups excluding carboxylic acids is 3. The van der Waals surface area contributed by atoms with Gasteiger partial charge in [-0.2, -0.15) is 0 Å². The molecule has 2 aliphatic rings. The first-order valence-corrected chi connectivity index (χ1v) is 11.7. The fourth-order valence-corrected chi connectivity index (χ4v) is 4.74. The van der Waals surface area contributed by atoms with Crippen molar-refractivity contribution < 1.29 is 29.0 Å². The van der Waals surface area contributed by atoms with Gasteiger partial charge in [0.25, 0.3) is 0 Å². The van der Waals surface area contributed by atoms with Crippen LogP contribution in [0.5, 0.6) is 0 Å². The van der Waals surface area contributed by atoms with E-state index in [1.165, 1.54) is 11.9 Å². The number of nitrogens with one attached hydrogen (secondary N) is 1. The second-order valence-corrected chi connectivity index (χ2v) is 8.93. The van der Waals surface area contributed by atoms with Crippen LogP contribution in [0.2, 0.25) is 0 Å². The molecule has 1 heterocycles. The Kier molecular flexibility index (Phi) is 7.04. The van der Waals surface area contributed by atoms with E-state index in [4.69, 9.17) is 4.74 Å². The van der Waals surface area contributed by atoms with E-state index in [0.29, 0.717) is 6.42 Å². The quantitative estimate of drug-likeness (QED) is 0.630. The van der Waals surface area contributed by atoms with Gasteiger partial charge in [-0.3, -0.25) is 9.59 Å². The van der Waals surface area contributed by atoms with Gasteiger partial charge in [0.15, 0.2) is 0 Å². The fourth-order valence-electron chi connectivity index (χ4n) is 4.74. The number of piperazine rings is 1. The van der Waals surface area contributed by atoms with Gasteiger partial charge in [-0.15, -0.1) is 0 Å². The van der Waals surface area contributed by atoms with E-state index >= 15 is 0 Å². The van der Waals surface area contributed by atoms with Crippen LogP contribution in [-0.4, -0.2) is 77.6 Å². The summed E-state index contributed by atoms with van der Waals surface area (Å²) in [6.45, 7) is 1.59. The Morgan fingerprint density at radius 1 is 1.09 bits per heavy atom. The predicted octanol–water partition coefficient (Wildman–Crippen LogP) is 2.45.